The van der Waals surface area contributed by atoms with E-state index in [0.717, 1.165) is 29.8 Å². The summed E-state index contributed by atoms with van der Waals surface area (Å²) in [6.07, 6.45) is 3.95. The highest BCUT2D eigenvalue weighted by molar-refractivity contribution is 5.59. The summed E-state index contributed by atoms with van der Waals surface area (Å²) in [7, 11) is 0. The Morgan fingerprint density at radius 2 is 1.77 bits per heavy atom. The van der Waals surface area contributed by atoms with Gasteiger partial charge in [-0.3, -0.25) is 5.10 Å². The van der Waals surface area contributed by atoms with E-state index < -0.39 is 0 Å². The van der Waals surface area contributed by atoms with Crippen LogP contribution >= 0.6 is 0 Å². The number of aromatic amines is 1. The van der Waals surface area contributed by atoms with Crippen LogP contribution in [0, 0.1) is 0 Å². The molecule has 3 aromatic rings. The van der Waals surface area contributed by atoms with Crippen molar-refractivity contribution in [1.29, 1.82) is 0 Å². The van der Waals surface area contributed by atoms with Crippen molar-refractivity contribution in [3.63, 3.8) is 0 Å². The van der Waals surface area contributed by atoms with Crippen molar-refractivity contribution >= 4 is 0 Å². The molecular weight excluding hydrogens is 272 g/mol. The van der Waals surface area contributed by atoms with Gasteiger partial charge in [-0.05, 0) is 47.9 Å². The lowest BCUT2D eigenvalue weighted by Gasteiger charge is -2.19. The molecule has 1 unspecified atom stereocenters. The molecule has 3 heteroatoms. The van der Waals surface area contributed by atoms with Gasteiger partial charge in [-0.25, -0.2) is 0 Å². The maximum absolute atomic E-state index is 6.19. The number of aromatic nitrogens is 2. The van der Waals surface area contributed by atoms with Gasteiger partial charge < -0.3 is 4.74 Å². The first-order valence-electron chi connectivity index (χ1n) is 7.68. The monoisotopic (exact) mass is 292 g/mol. The Bertz CT molecular complexity index is 675. The molecule has 0 radical (unpaired) electrons. The second-order valence-corrected chi connectivity index (χ2v) is 5.30. The molecule has 1 aromatic heterocycles. The maximum Gasteiger partial charge on any atom is 0.124 e. The van der Waals surface area contributed by atoms with Crippen LogP contribution in [0.4, 0.5) is 0 Å². The van der Waals surface area contributed by atoms with Crippen LogP contribution in [-0.2, 0) is 0 Å². The molecule has 0 aliphatic rings. The third-order valence-electron chi connectivity index (χ3n) is 3.67. The van der Waals surface area contributed by atoms with Crippen LogP contribution in [0.3, 0.4) is 0 Å². The van der Waals surface area contributed by atoms with Gasteiger partial charge in [0.15, 0.2) is 0 Å². The standard InChI is InChI=1S/C19H20N2O/c1-2-6-19(16-7-4-3-5-8-16)22-17-11-9-15(10-12-17)18-13-14-20-21-18/h3-5,7-14,19H,2,6H2,1H3,(H,20,21). The van der Waals surface area contributed by atoms with Crippen LogP contribution < -0.4 is 4.74 Å². The van der Waals surface area contributed by atoms with Gasteiger partial charge in [0.25, 0.3) is 0 Å². The lowest BCUT2D eigenvalue weighted by molar-refractivity contribution is 0.194. The summed E-state index contributed by atoms with van der Waals surface area (Å²) < 4.78 is 6.19. The van der Waals surface area contributed by atoms with Gasteiger partial charge >= 0.3 is 0 Å². The van der Waals surface area contributed by atoms with Crippen molar-refractivity contribution in [2.24, 2.45) is 0 Å². The fourth-order valence-corrected chi connectivity index (χ4v) is 2.52. The molecule has 0 saturated heterocycles. The van der Waals surface area contributed by atoms with Crippen molar-refractivity contribution in [3.05, 3.63) is 72.4 Å². The molecule has 0 aliphatic carbocycles. The third kappa shape index (κ3) is 3.37. The van der Waals surface area contributed by atoms with E-state index in [1.54, 1.807) is 6.20 Å². The number of rotatable bonds is 6. The van der Waals surface area contributed by atoms with E-state index in [4.69, 9.17) is 4.74 Å². The summed E-state index contributed by atoms with van der Waals surface area (Å²) in [6, 6.07) is 20.5. The van der Waals surface area contributed by atoms with Gasteiger partial charge in [-0.1, -0.05) is 43.7 Å². The molecule has 1 atom stereocenters. The molecule has 0 fully saturated rings. The Kier molecular flexibility index (Phi) is 4.54. The minimum atomic E-state index is 0.101. The molecule has 0 amide bonds. The molecule has 112 valence electrons. The fourth-order valence-electron chi connectivity index (χ4n) is 2.52. The van der Waals surface area contributed by atoms with E-state index in [1.165, 1.54) is 5.56 Å². The predicted molar refractivity (Wildman–Crippen MR) is 88.7 cm³/mol. The maximum atomic E-state index is 6.19. The van der Waals surface area contributed by atoms with E-state index in [2.05, 4.69) is 53.5 Å². The zero-order chi connectivity index (χ0) is 15.2. The van der Waals surface area contributed by atoms with Crippen LogP contribution in [0.5, 0.6) is 5.75 Å². The Balaban J connectivity index is 1.75. The Labute approximate surface area is 131 Å². The molecule has 1 N–H and O–H groups in total. The van der Waals surface area contributed by atoms with Gasteiger partial charge in [0.2, 0.25) is 0 Å². The van der Waals surface area contributed by atoms with Crippen molar-refractivity contribution in [2.75, 3.05) is 0 Å². The summed E-state index contributed by atoms with van der Waals surface area (Å²) in [5.74, 6) is 0.894. The van der Waals surface area contributed by atoms with Crippen molar-refractivity contribution < 1.29 is 4.74 Å². The number of H-pyrrole nitrogens is 1. The zero-order valence-electron chi connectivity index (χ0n) is 12.7. The molecule has 0 bridgehead atoms. The molecule has 0 aliphatic heterocycles. The first-order chi connectivity index (χ1) is 10.9. The second-order valence-electron chi connectivity index (χ2n) is 5.30. The molecule has 1 heterocycles. The second kappa shape index (κ2) is 6.94. The highest BCUT2D eigenvalue weighted by Gasteiger charge is 2.12. The smallest absolute Gasteiger partial charge is 0.124 e. The summed E-state index contributed by atoms with van der Waals surface area (Å²) in [5.41, 5.74) is 3.35. The van der Waals surface area contributed by atoms with Crippen LogP contribution in [-0.4, -0.2) is 10.2 Å². The van der Waals surface area contributed by atoms with Gasteiger partial charge in [-0.2, -0.15) is 5.10 Å². The minimum absolute atomic E-state index is 0.101. The molecule has 3 rings (SSSR count). The molecule has 22 heavy (non-hydrogen) atoms. The predicted octanol–water partition coefficient (Wildman–Crippen LogP) is 5.00. The summed E-state index contributed by atoms with van der Waals surface area (Å²) in [5, 5.41) is 6.95. The Morgan fingerprint density at radius 3 is 2.41 bits per heavy atom. The van der Waals surface area contributed by atoms with Crippen molar-refractivity contribution in [3.8, 4) is 17.0 Å². The quantitative estimate of drug-likeness (QED) is 0.694. The van der Waals surface area contributed by atoms with Gasteiger partial charge in [-0.15, -0.1) is 0 Å². The SMILES string of the molecule is CCCC(Oc1ccc(-c2ccn[nH]2)cc1)c1ccccc1. The minimum Gasteiger partial charge on any atom is -0.486 e. The number of nitrogens with one attached hydrogen (secondary N) is 1. The fraction of sp³-hybridized carbons (Fsp3) is 0.211. The van der Waals surface area contributed by atoms with Gasteiger partial charge in [0, 0.05) is 6.20 Å². The van der Waals surface area contributed by atoms with E-state index >= 15 is 0 Å². The van der Waals surface area contributed by atoms with E-state index in [1.807, 2.05) is 24.3 Å². The number of ether oxygens (including phenoxy) is 1. The first-order valence-corrected chi connectivity index (χ1v) is 7.68. The topological polar surface area (TPSA) is 37.9 Å². The molecule has 2 aromatic carbocycles. The van der Waals surface area contributed by atoms with Crippen LogP contribution in [0.2, 0.25) is 0 Å². The lowest BCUT2D eigenvalue weighted by Crippen LogP contribution is -2.07. The highest BCUT2D eigenvalue weighted by atomic mass is 16.5. The van der Waals surface area contributed by atoms with Crippen LogP contribution in [0.1, 0.15) is 31.4 Å². The van der Waals surface area contributed by atoms with Gasteiger partial charge in [0.1, 0.15) is 11.9 Å². The van der Waals surface area contributed by atoms with E-state index in [0.29, 0.717) is 0 Å². The highest BCUT2D eigenvalue weighted by Crippen LogP contribution is 2.27. The zero-order valence-corrected chi connectivity index (χ0v) is 12.7. The van der Waals surface area contributed by atoms with Crippen molar-refractivity contribution in [2.45, 2.75) is 25.9 Å². The molecule has 3 nitrogen and oxygen atoms in total. The van der Waals surface area contributed by atoms with Crippen molar-refractivity contribution in [1.82, 2.24) is 10.2 Å². The summed E-state index contributed by atoms with van der Waals surface area (Å²) in [4.78, 5) is 0. The molecule has 0 saturated carbocycles. The number of benzene rings is 2. The number of hydrogen-bond acceptors (Lipinski definition) is 2. The Hall–Kier alpha value is -2.55. The van der Waals surface area contributed by atoms with E-state index in [9.17, 15) is 0 Å². The normalized spacial score (nSPS) is 12.0. The molecular formula is C19H20N2O. The largest absolute Gasteiger partial charge is 0.486 e. The Morgan fingerprint density at radius 1 is 1.00 bits per heavy atom. The summed E-state index contributed by atoms with van der Waals surface area (Å²) >= 11 is 0. The van der Waals surface area contributed by atoms with Gasteiger partial charge in [0.05, 0.1) is 5.69 Å². The van der Waals surface area contributed by atoms with Crippen LogP contribution in [0.15, 0.2) is 66.9 Å². The number of nitrogens with zero attached hydrogens (tertiary/aromatic N) is 1. The van der Waals surface area contributed by atoms with Crippen LogP contribution in [0.25, 0.3) is 11.3 Å². The average Bonchev–Trinajstić information content (AvgIpc) is 3.10. The summed E-state index contributed by atoms with van der Waals surface area (Å²) in [6.45, 7) is 2.18. The number of hydrogen-bond donors (Lipinski definition) is 1. The molecule has 0 spiro atoms. The third-order valence-corrected chi connectivity index (χ3v) is 3.67. The average molecular weight is 292 g/mol. The lowest BCUT2D eigenvalue weighted by atomic mass is 10.1. The first kappa shape index (κ1) is 14.4. The van der Waals surface area contributed by atoms with E-state index in [-0.39, 0.29) is 6.10 Å².